The van der Waals surface area contributed by atoms with Crippen LogP contribution < -0.4 is 10.1 Å². The van der Waals surface area contributed by atoms with Crippen LogP contribution in [0.25, 0.3) is 5.57 Å². The van der Waals surface area contributed by atoms with Crippen molar-refractivity contribution in [3.8, 4) is 11.9 Å². The summed E-state index contributed by atoms with van der Waals surface area (Å²) in [4.78, 5) is 22.3. The first-order valence-corrected chi connectivity index (χ1v) is 8.75. The van der Waals surface area contributed by atoms with Crippen LogP contribution in [0.4, 0.5) is 5.82 Å². The average Bonchev–Trinajstić information content (AvgIpc) is 2.70. The fourth-order valence-corrected chi connectivity index (χ4v) is 2.93. The predicted octanol–water partition coefficient (Wildman–Crippen LogP) is 2.89. The van der Waals surface area contributed by atoms with E-state index in [1.54, 1.807) is 17.2 Å². The lowest BCUT2D eigenvalue weighted by molar-refractivity contribution is -0.115. The Morgan fingerprint density at radius 1 is 1.41 bits per heavy atom. The maximum Gasteiger partial charge on any atom is 0.231 e. The maximum atomic E-state index is 12.2. The van der Waals surface area contributed by atoms with Crippen molar-refractivity contribution in [2.75, 3.05) is 25.5 Å². The molecule has 138 valence electrons. The van der Waals surface area contributed by atoms with Gasteiger partial charge >= 0.3 is 0 Å². The zero-order chi connectivity index (χ0) is 19.2. The number of nitrogens with one attached hydrogen (secondary N) is 1. The lowest BCUT2D eigenvalue weighted by atomic mass is 10.0. The quantitative estimate of drug-likeness (QED) is 0.798. The number of halogens is 1. The number of amides is 1. The Kier molecular flexibility index (Phi) is 5.89. The van der Waals surface area contributed by atoms with Crippen LogP contribution in [-0.4, -0.2) is 41.0 Å². The van der Waals surface area contributed by atoms with Gasteiger partial charge in [-0.1, -0.05) is 23.7 Å². The van der Waals surface area contributed by atoms with Gasteiger partial charge in [-0.05, 0) is 23.6 Å². The van der Waals surface area contributed by atoms with Gasteiger partial charge in [0, 0.05) is 24.5 Å². The largest absolute Gasteiger partial charge is 0.495 e. The van der Waals surface area contributed by atoms with E-state index < -0.39 is 0 Å². The van der Waals surface area contributed by atoms with E-state index in [1.165, 1.54) is 13.3 Å². The molecule has 0 bridgehead atoms. The number of aromatic nitrogens is 2. The molecule has 0 saturated heterocycles. The number of methoxy groups -OCH3 is 1. The van der Waals surface area contributed by atoms with Crippen molar-refractivity contribution in [2.24, 2.45) is 0 Å². The fraction of sp³-hybridized carbons (Fsp3) is 0.263. The Morgan fingerprint density at radius 3 is 2.96 bits per heavy atom. The molecule has 0 aliphatic carbocycles. The molecule has 0 radical (unpaired) electrons. The molecule has 0 saturated carbocycles. The number of ether oxygens (including phenoxy) is 1. The summed E-state index contributed by atoms with van der Waals surface area (Å²) in [5.41, 5.74) is 2.68. The number of hydrogen-bond donors (Lipinski definition) is 1. The van der Waals surface area contributed by atoms with E-state index >= 15 is 0 Å². The fourth-order valence-electron chi connectivity index (χ4n) is 2.75. The third-order valence-corrected chi connectivity index (χ3v) is 4.42. The molecule has 0 unspecified atom stereocenters. The number of nitrogens with zero attached hydrogens (tertiary/aromatic N) is 4. The third-order valence-electron chi connectivity index (χ3n) is 4.14. The summed E-state index contributed by atoms with van der Waals surface area (Å²) in [6.45, 7) is 1.33. The standard InChI is InChI=1S/C19H18ClN5O2/c1-27-17-8-18(23-10-16(17)20)24-19(26)7-15-5-4-13(9-22-15)14-3-2-6-25(11-14)12-21/h3-5,8-10H,2,6-7,11H2,1H3,(H,23,24,26). The first kappa shape index (κ1) is 18.7. The highest BCUT2D eigenvalue weighted by Gasteiger charge is 2.13. The summed E-state index contributed by atoms with van der Waals surface area (Å²) in [6, 6.07) is 5.30. The molecule has 0 atom stereocenters. The highest BCUT2D eigenvalue weighted by molar-refractivity contribution is 6.32. The van der Waals surface area contributed by atoms with Crippen LogP contribution in [0.2, 0.25) is 5.02 Å². The van der Waals surface area contributed by atoms with Gasteiger partial charge in [-0.3, -0.25) is 9.78 Å². The summed E-state index contributed by atoms with van der Waals surface area (Å²) in [5.74, 6) is 0.568. The van der Waals surface area contributed by atoms with Crippen LogP contribution in [0.15, 0.2) is 36.7 Å². The highest BCUT2D eigenvalue weighted by Crippen LogP contribution is 2.25. The van der Waals surface area contributed by atoms with Gasteiger partial charge in [0.1, 0.15) is 16.6 Å². The van der Waals surface area contributed by atoms with Crippen LogP contribution in [0, 0.1) is 11.5 Å². The first-order valence-electron chi connectivity index (χ1n) is 8.37. The van der Waals surface area contributed by atoms with Crippen LogP contribution >= 0.6 is 11.6 Å². The molecule has 1 aliphatic rings. The monoisotopic (exact) mass is 383 g/mol. The van der Waals surface area contributed by atoms with Gasteiger partial charge in [0.15, 0.2) is 6.19 Å². The molecule has 2 aromatic rings. The molecule has 1 amide bonds. The van der Waals surface area contributed by atoms with Crippen molar-refractivity contribution in [3.05, 3.63) is 52.9 Å². The molecular weight excluding hydrogens is 366 g/mol. The molecule has 8 heteroatoms. The third kappa shape index (κ3) is 4.74. The van der Waals surface area contributed by atoms with Crippen molar-refractivity contribution in [3.63, 3.8) is 0 Å². The SMILES string of the molecule is COc1cc(NC(=O)Cc2ccc(C3=CCCN(C#N)C3)cn2)ncc1Cl. The Morgan fingerprint density at radius 2 is 2.26 bits per heavy atom. The van der Waals surface area contributed by atoms with Crippen LogP contribution in [0.1, 0.15) is 17.7 Å². The number of nitriles is 1. The van der Waals surface area contributed by atoms with Crippen molar-refractivity contribution in [2.45, 2.75) is 12.8 Å². The molecule has 1 aliphatic heterocycles. The topological polar surface area (TPSA) is 91.1 Å². The summed E-state index contributed by atoms with van der Waals surface area (Å²) < 4.78 is 5.11. The molecule has 0 aromatic carbocycles. The molecule has 0 fully saturated rings. The Balaban J connectivity index is 1.62. The number of carbonyl (C=O) groups is 1. The summed E-state index contributed by atoms with van der Waals surface area (Å²) in [5, 5.41) is 12.1. The van der Waals surface area contributed by atoms with Crippen LogP contribution in [-0.2, 0) is 11.2 Å². The molecule has 7 nitrogen and oxygen atoms in total. The molecular formula is C19H18ClN5O2. The lowest BCUT2D eigenvalue weighted by Crippen LogP contribution is -2.24. The Bertz CT molecular complexity index is 905. The van der Waals surface area contributed by atoms with Gasteiger partial charge < -0.3 is 15.0 Å². The molecule has 1 N–H and O–H groups in total. The summed E-state index contributed by atoms with van der Waals surface area (Å²) in [7, 11) is 1.50. The van der Waals surface area contributed by atoms with E-state index in [0.717, 1.165) is 24.1 Å². The van der Waals surface area contributed by atoms with Crippen molar-refractivity contribution < 1.29 is 9.53 Å². The van der Waals surface area contributed by atoms with E-state index in [1.807, 2.05) is 12.1 Å². The zero-order valence-electron chi connectivity index (χ0n) is 14.8. The van der Waals surface area contributed by atoms with Crippen LogP contribution in [0.3, 0.4) is 0 Å². The Hall–Kier alpha value is -3.11. The molecule has 2 aromatic heterocycles. The second kappa shape index (κ2) is 8.52. The number of rotatable bonds is 5. The van der Waals surface area contributed by atoms with Gasteiger partial charge in [-0.25, -0.2) is 4.98 Å². The van der Waals surface area contributed by atoms with E-state index in [2.05, 4.69) is 27.6 Å². The van der Waals surface area contributed by atoms with Gasteiger partial charge in [0.25, 0.3) is 0 Å². The smallest absolute Gasteiger partial charge is 0.231 e. The zero-order valence-corrected chi connectivity index (χ0v) is 15.5. The maximum absolute atomic E-state index is 12.2. The second-order valence-corrected chi connectivity index (χ2v) is 6.41. The number of anilines is 1. The minimum absolute atomic E-state index is 0.121. The first-order chi connectivity index (χ1) is 13.1. The molecule has 0 spiro atoms. The summed E-state index contributed by atoms with van der Waals surface area (Å²) in [6.07, 6.45) is 8.41. The minimum atomic E-state index is -0.236. The average molecular weight is 384 g/mol. The highest BCUT2D eigenvalue weighted by atomic mass is 35.5. The van der Waals surface area contributed by atoms with E-state index in [0.29, 0.717) is 28.8 Å². The van der Waals surface area contributed by atoms with Crippen molar-refractivity contribution in [1.29, 1.82) is 5.26 Å². The Labute approximate surface area is 162 Å². The molecule has 27 heavy (non-hydrogen) atoms. The summed E-state index contributed by atoms with van der Waals surface area (Å²) >= 11 is 5.92. The van der Waals surface area contributed by atoms with Gasteiger partial charge in [0.2, 0.25) is 5.91 Å². The minimum Gasteiger partial charge on any atom is -0.495 e. The van der Waals surface area contributed by atoms with Gasteiger partial charge in [-0.15, -0.1) is 0 Å². The number of hydrogen-bond acceptors (Lipinski definition) is 6. The van der Waals surface area contributed by atoms with E-state index in [4.69, 9.17) is 21.6 Å². The van der Waals surface area contributed by atoms with Gasteiger partial charge in [0.05, 0.1) is 26.3 Å². The normalized spacial score (nSPS) is 13.5. The molecule has 3 rings (SSSR count). The second-order valence-electron chi connectivity index (χ2n) is 6.01. The number of pyridine rings is 2. The lowest BCUT2D eigenvalue weighted by Gasteiger charge is -2.21. The van der Waals surface area contributed by atoms with Crippen molar-refractivity contribution >= 4 is 28.9 Å². The van der Waals surface area contributed by atoms with Gasteiger partial charge in [-0.2, -0.15) is 5.26 Å². The van der Waals surface area contributed by atoms with Crippen LogP contribution in [0.5, 0.6) is 5.75 Å². The molecule has 3 heterocycles. The predicted molar refractivity (Wildman–Crippen MR) is 102 cm³/mol. The van der Waals surface area contributed by atoms with Crippen molar-refractivity contribution in [1.82, 2.24) is 14.9 Å². The van der Waals surface area contributed by atoms with E-state index in [9.17, 15) is 4.79 Å². The number of carbonyl (C=O) groups excluding carboxylic acids is 1. The van der Waals surface area contributed by atoms with E-state index in [-0.39, 0.29) is 12.3 Å².